The van der Waals surface area contributed by atoms with Gasteiger partial charge in [0.1, 0.15) is 0 Å². The Morgan fingerprint density at radius 3 is 2.45 bits per heavy atom. The summed E-state index contributed by atoms with van der Waals surface area (Å²) < 4.78 is 9.83. The minimum absolute atomic E-state index is 0.0501. The van der Waals surface area contributed by atoms with E-state index in [0.717, 1.165) is 5.56 Å². The highest BCUT2D eigenvalue weighted by molar-refractivity contribution is 7.80. The van der Waals surface area contributed by atoms with Gasteiger partial charge < -0.3 is 20.1 Å². The molecule has 2 atom stereocenters. The maximum atomic E-state index is 11.9. The number of hydrogen-bond donors (Lipinski definition) is 2. The average Bonchev–Trinajstić information content (AvgIpc) is 2.45. The van der Waals surface area contributed by atoms with Crippen molar-refractivity contribution in [2.75, 3.05) is 20.8 Å². The summed E-state index contributed by atoms with van der Waals surface area (Å²) in [5.74, 6) is -0.389. The van der Waals surface area contributed by atoms with Crippen molar-refractivity contribution >= 4 is 23.3 Å². The quantitative estimate of drug-likeness (QED) is 0.611. The van der Waals surface area contributed by atoms with Gasteiger partial charge in [-0.15, -0.1) is 0 Å². The van der Waals surface area contributed by atoms with Crippen molar-refractivity contribution in [2.45, 2.75) is 19.0 Å². The minimum Gasteiger partial charge on any atom is -0.467 e. The van der Waals surface area contributed by atoms with Crippen LogP contribution in [0.4, 0.5) is 0 Å². The fourth-order valence-electron chi connectivity index (χ4n) is 1.73. The minimum atomic E-state index is -0.629. The lowest BCUT2D eigenvalue weighted by atomic mass is 10.1. The summed E-state index contributed by atoms with van der Waals surface area (Å²) in [5.41, 5.74) is 0.794. The predicted molar refractivity (Wildman–Crippen MR) is 81.4 cm³/mol. The van der Waals surface area contributed by atoms with Crippen LogP contribution in [0.15, 0.2) is 30.3 Å². The number of benzene rings is 1. The molecule has 1 aromatic carbocycles. The molecule has 2 unspecified atom stereocenters. The molecule has 6 heteroatoms. The largest absolute Gasteiger partial charge is 0.467 e. The van der Waals surface area contributed by atoms with Gasteiger partial charge in [-0.3, -0.25) is 0 Å². The van der Waals surface area contributed by atoms with E-state index in [2.05, 4.69) is 10.6 Å². The topological polar surface area (TPSA) is 59.6 Å². The van der Waals surface area contributed by atoms with Gasteiger partial charge in [0, 0.05) is 13.2 Å². The Morgan fingerprint density at radius 1 is 1.25 bits per heavy atom. The van der Waals surface area contributed by atoms with Gasteiger partial charge in [-0.05, 0) is 24.7 Å². The Bertz CT molecular complexity index is 439. The van der Waals surface area contributed by atoms with E-state index in [1.807, 2.05) is 37.3 Å². The second kappa shape index (κ2) is 8.50. The molecule has 0 heterocycles. The van der Waals surface area contributed by atoms with Gasteiger partial charge in [0.2, 0.25) is 0 Å². The van der Waals surface area contributed by atoms with Crippen LogP contribution in [0, 0.1) is 0 Å². The highest BCUT2D eigenvalue weighted by atomic mass is 32.1. The molecule has 0 saturated heterocycles. The van der Waals surface area contributed by atoms with Crippen LogP contribution in [0.3, 0.4) is 0 Å². The lowest BCUT2D eigenvalue weighted by molar-refractivity contribution is -0.142. The third-order valence-electron chi connectivity index (χ3n) is 2.64. The standard InChI is InChI=1S/C14H20N2O3S/c1-10(9-18-2)15-14(20)16-12(13(17)19-3)11-7-5-4-6-8-11/h4-8,10,12H,9H2,1-3H3,(H2,15,16,20). The smallest absolute Gasteiger partial charge is 0.333 e. The zero-order valence-electron chi connectivity index (χ0n) is 11.9. The van der Waals surface area contributed by atoms with Crippen LogP contribution in [0.1, 0.15) is 18.5 Å². The molecule has 0 aromatic heterocycles. The summed E-state index contributed by atoms with van der Waals surface area (Å²) in [5, 5.41) is 6.39. The first-order valence-corrected chi connectivity index (χ1v) is 6.68. The molecule has 5 nitrogen and oxygen atoms in total. The van der Waals surface area contributed by atoms with Crippen molar-refractivity contribution in [1.29, 1.82) is 0 Å². The zero-order valence-corrected chi connectivity index (χ0v) is 12.7. The summed E-state index contributed by atoms with van der Waals surface area (Å²) in [7, 11) is 2.97. The molecule has 1 aromatic rings. The summed E-state index contributed by atoms with van der Waals surface area (Å²) in [6, 6.07) is 8.71. The molecule has 2 N–H and O–H groups in total. The Balaban J connectivity index is 2.71. The number of carbonyl (C=O) groups excluding carboxylic acids is 1. The number of hydrogen-bond acceptors (Lipinski definition) is 4. The Hall–Kier alpha value is -1.66. The monoisotopic (exact) mass is 296 g/mol. The van der Waals surface area contributed by atoms with Crippen LogP contribution in [0.2, 0.25) is 0 Å². The summed E-state index contributed by atoms with van der Waals surface area (Å²) in [4.78, 5) is 11.9. The first-order valence-electron chi connectivity index (χ1n) is 6.27. The van der Waals surface area contributed by atoms with Gasteiger partial charge >= 0.3 is 5.97 Å². The molecule has 0 spiro atoms. The van der Waals surface area contributed by atoms with E-state index in [0.29, 0.717) is 11.7 Å². The fourth-order valence-corrected chi connectivity index (χ4v) is 2.05. The zero-order chi connectivity index (χ0) is 15.0. The van der Waals surface area contributed by atoms with Crippen LogP contribution < -0.4 is 10.6 Å². The molecule has 1 rings (SSSR count). The lowest BCUT2D eigenvalue weighted by Gasteiger charge is -2.21. The van der Waals surface area contributed by atoms with Crippen molar-refractivity contribution in [2.24, 2.45) is 0 Å². The molecule has 0 aliphatic carbocycles. The van der Waals surface area contributed by atoms with Gasteiger partial charge in [0.05, 0.1) is 13.7 Å². The van der Waals surface area contributed by atoms with Gasteiger partial charge in [-0.1, -0.05) is 30.3 Å². The van der Waals surface area contributed by atoms with E-state index >= 15 is 0 Å². The van der Waals surface area contributed by atoms with Crippen molar-refractivity contribution in [3.05, 3.63) is 35.9 Å². The first-order chi connectivity index (χ1) is 9.58. The number of ether oxygens (including phenoxy) is 2. The summed E-state index contributed by atoms with van der Waals surface area (Å²) in [6.07, 6.45) is 0. The number of rotatable bonds is 6. The molecule has 0 saturated carbocycles. The van der Waals surface area contributed by atoms with Crippen molar-refractivity contribution < 1.29 is 14.3 Å². The van der Waals surface area contributed by atoms with E-state index in [1.165, 1.54) is 7.11 Å². The summed E-state index contributed by atoms with van der Waals surface area (Å²) in [6.45, 7) is 2.46. The molecule has 0 bridgehead atoms. The molecule has 0 amide bonds. The van der Waals surface area contributed by atoms with E-state index in [4.69, 9.17) is 21.7 Å². The number of carbonyl (C=O) groups is 1. The van der Waals surface area contributed by atoms with Crippen molar-refractivity contribution in [3.63, 3.8) is 0 Å². The SMILES string of the molecule is COCC(C)NC(=S)NC(C(=O)OC)c1ccccc1. The maximum Gasteiger partial charge on any atom is 0.333 e. The van der Waals surface area contributed by atoms with Crippen LogP contribution in [0.5, 0.6) is 0 Å². The van der Waals surface area contributed by atoms with Crippen molar-refractivity contribution in [1.82, 2.24) is 10.6 Å². The van der Waals surface area contributed by atoms with E-state index in [-0.39, 0.29) is 12.0 Å². The number of thiocarbonyl (C=S) groups is 1. The highest BCUT2D eigenvalue weighted by Gasteiger charge is 2.22. The van der Waals surface area contributed by atoms with Crippen molar-refractivity contribution in [3.8, 4) is 0 Å². The predicted octanol–water partition coefficient (Wildman–Crippen LogP) is 1.40. The summed E-state index contributed by atoms with van der Waals surface area (Å²) >= 11 is 5.20. The second-order valence-electron chi connectivity index (χ2n) is 4.34. The number of nitrogens with one attached hydrogen (secondary N) is 2. The number of methoxy groups -OCH3 is 2. The second-order valence-corrected chi connectivity index (χ2v) is 4.75. The lowest BCUT2D eigenvalue weighted by Crippen LogP contribution is -2.45. The molecule has 0 aliphatic heterocycles. The van der Waals surface area contributed by atoms with Crippen LogP contribution >= 0.6 is 12.2 Å². The van der Waals surface area contributed by atoms with Gasteiger partial charge in [-0.25, -0.2) is 4.79 Å². The highest BCUT2D eigenvalue weighted by Crippen LogP contribution is 2.13. The Morgan fingerprint density at radius 2 is 1.90 bits per heavy atom. The number of esters is 1. The fraction of sp³-hybridized carbons (Fsp3) is 0.429. The first kappa shape index (κ1) is 16.4. The molecule has 0 radical (unpaired) electrons. The molecule has 0 fully saturated rings. The van der Waals surface area contributed by atoms with E-state index < -0.39 is 6.04 Å². The molecule has 110 valence electrons. The maximum absolute atomic E-state index is 11.9. The average molecular weight is 296 g/mol. The molecule has 0 aliphatic rings. The third kappa shape index (κ3) is 5.14. The van der Waals surface area contributed by atoms with Gasteiger partial charge in [0.25, 0.3) is 0 Å². The van der Waals surface area contributed by atoms with E-state index in [9.17, 15) is 4.79 Å². The van der Waals surface area contributed by atoms with Gasteiger partial charge in [-0.2, -0.15) is 0 Å². The molecular weight excluding hydrogens is 276 g/mol. The van der Waals surface area contributed by atoms with Gasteiger partial charge in [0.15, 0.2) is 11.2 Å². The molecular formula is C14H20N2O3S. The Kier molecular flexibility index (Phi) is 6.97. The van der Waals surface area contributed by atoms with Crippen LogP contribution in [-0.2, 0) is 14.3 Å². The molecule has 20 heavy (non-hydrogen) atoms. The van der Waals surface area contributed by atoms with Crippen LogP contribution in [0.25, 0.3) is 0 Å². The third-order valence-corrected chi connectivity index (χ3v) is 2.88. The normalized spacial score (nSPS) is 13.2. The van der Waals surface area contributed by atoms with Crippen LogP contribution in [-0.4, -0.2) is 38.0 Å². The Labute approximate surface area is 124 Å². The van der Waals surface area contributed by atoms with E-state index in [1.54, 1.807) is 7.11 Å².